The van der Waals surface area contributed by atoms with E-state index in [1.54, 1.807) is 12.3 Å². The number of aromatic nitrogens is 1. The molecule has 132 valence electrons. The highest BCUT2D eigenvalue weighted by molar-refractivity contribution is 7.14. The van der Waals surface area contributed by atoms with Crippen molar-refractivity contribution in [3.05, 3.63) is 47.0 Å². The van der Waals surface area contributed by atoms with E-state index < -0.39 is 12.1 Å². The quantitative estimate of drug-likeness (QED) is 0.461. The highest BCUT2D eigenvalue weighted by Gasteiger charge is 2.20. The molecule has 0 aliphatic carbocycles. The van der Waals surface area contributed by atoms with Gasteiger partial charge in [-0.1, -0.05) is 35.5 Å². The number of benzene rings is 1. The maximum atomic E-state index is 11.8. The molecule has 9 heteroatoms. The molecule has 0 bridgehead atoms. The third-order valence-corrected chi connectivity index (χ3v) is 3.58. The predicted octanol–water partition coefficient (Wildman–Crippen LogP) is 2.81. The first-order valence-electron chi connectivity index (χ1n) is 7.36. The predicted molar refractivity (Wildman–Crippen MR) is 92.5 cm³/mol. The maximum Gasteiger partial charge on any atom is 0.413 e. The number of carbonyl (C=O) groups excluding carboxylic acids is 2. The molecule has 1 heterocycles. The Balaban J connectivity index is 1.96. The van der Waals surface area contributed by atoms with Crippen LogP contribution in [0.25, 0.3) is 0 Å². The van der Waals surface area contributed by atoms with Crippen molar-refractivity contribution in [2.75, 3.05) is 19.0 Å². The first-order valence-corrected chi connectivity index (χ1v) is 8.23. The molecule has 0 fully saturated rings. The highest BCUT2D eigenvalue weighted by atomic mass is 32.1. The lowest BCUT2D eigenvalue weighted by Crippen LogP contribution is -2.20. The first kappa shape index (κ1) is 18.4. The van der Waals surface area contributed by atoms with Crippen LogP contribution in [0.2, 0.25) is 0 Å². The van der Waals surface area contributed by atoms with Crippen LogP contribution in [0, 0.1) is 0 Å². The van der Waals surface area contributed by atoms with Crippen LogP contribution >= 0.6 is 11.3 Å². The lowest BCUT2D eigenvalue weighted by molar-refractivity contribution is -0.135. The van der Waals surface area contributed by atoms with Gasteiger partial charge in [-0.15, -0.1) is 11.3 Å². The smallest absolute Gasteiger partial charge is 0.413 e. The molecule has 1 aromatic heterocycles. The average molecular weight is 363 g/mol. The number of nitrogens with zero attached hydrogens (tertiary/aromatic N) is 2. The van der Waals surface area contributed by atoms with Gasteiger partial charge in [0.25, 0.3) is 0 Å². The minimum atomic E-state index is -0.659. The Labute approximate surface area is 148 Å². The summed E-state index contributed by atoms with van der Waals surface area (Å²) in [5.74, 6) is -0.659. The van der Waals surface area contributed by atoms with E-state index in [4.69, 9.17) is 9.47 Å². The van der Waals surface area contributed by atoms with Crippen LogP contribution in [0.5, 0.6) is 0 Å². The van der Waals surface area contributed by atoms with E-state index in [1.807, 2.05) is 30.3 Å². The van der Waals surface area contributed by atoms with Gasteiger partial charge in [0.15, 0.2) is 5.13 Å². The first-order chi connectivity index (χ1) is 12.1. The number of hydrogen-bond donors (Lipinski definition) is 1. The molecule has 25 heavy (non-hydrogen) atoms. The van der Waals surface area contributed by atoms with Gasteiger partial charge in [0, 0.05) is 5.38 Å². The lowest BCUT2D eigenvalue weighted by Gasteiger charge is -2.05. The number of esters is 1. The van der Waals surface area contributed by atoms with E-state index >= 15 is 0 Å². The average Bonchev–Trinajstić information content (AvgIpc) is 3.07. The van der Waals surface area contributed by atoms with Crippen molar-refractivity contribution in [3.8, 4) is 0 Å². The van der Waals surface area contributed by atoms with Crippen molar-refractivity contribution in [3.63, 3.8) is 0 Å². The SMILES string of the molecule is CCOC(=O)/C(=N/OC)c1csc(NC(=O)OCc2ccccc2)n1. The van der Waals surface area contributed by atoms with Gasteiger partial charge in [0.2, 0.25) is 5.71 Å². The number of ether oxygens (including phenoxy) is 2. The van der Waals surface area contributed by atoms with Crippen molar-refractivity contribution in [1.82, 2.24) is 4.98 Å². The second-order valence-corrected chi connectivity index (χ2v) is 5.43. The second-order valence-electron chi connectivity index (χ2n) is 4.57. The van der Waals surface area contributed by atoms with E-state index in [0.717, 1.165) is 16.9 Å². The Kier molecular flexibility index (Phi) is 6.90. The Hall–Kier alpha value is -2.94. The summed E-state index contributed by atoms with van der Waals surface area (Å²) in [6.45, 7) is 2.02. The molecule has 0 unspecified atom stereocenters. The standard InChI is InChI=1S/C16H17N3O5S/c1-3-23-14(20)13(19-22-2)12-10-25-15(17-12)18-16(21)24-9-11-7-5-4-6-8-11/h4-8,10H,3,9H2,1-2H3,(H,17,18,21)/b19-13+. The zero-order valence-corrected chi connectivity index (χ0v) is 14.5. The minimum absolute atomic E-state index is 0.0775. The van der Waals surface area contributed by atoms with Crippen LogP contribution < -0.4 is 5.32 Å². The Morgan fingerprint density at radius 2 is 2.00 bits per heavy atom. The summed E-state index contributed by atoms with van der Waals surface area (Å²) < 4.78 is 10.00. The Bertz CT molecular complexity index is 745. The molecule has 2 rings (SSSR count). The van der Waals surface area contributed by atoms with Crippen LogP contribution in [-0.2, 0) is 25.7 Å². The monoisotopic (exact) mass is 363 g/mol. The van der Waals surface area contributed by atoms with E-state index in [1.165, 1.54) is 7.11 Å². The van der Waals surface area contributed by atoms with Crippen molar-refractivity contribution in [2.24, 2.45) is 5.16 Å². The molecule has 2 aromatic rings. The minimum Gasteiger partial charge on any atom is -0.461 e. The summed E-state index contributed by atoms with van der Waals surface area (Å²) in [5, 5.41) is 7.94. The van der Waals surface area contributed by atoms with E-state index in [2.05, 4.69) is 20.3 Å². The number of thiazole rings is 1. The normalized spacial score (nSPS) is 10.9. The van der Waals surface area contributed by atoms with Gasteiger partial charge in [-0.3, -0.25) is 5.32 Å². The molecular weight excluding hydrogens is 346 g/mol. The van der Waals surface area contributed by atoms with Crippen LogP contribution in [0.3, 0.4) is 0 Å². The van der Waals surface area contributed by atoms with Crippen LogP contribution in [0.4, 0.5) is 9.93 Å². The summed E-state index contributed by atoms with van der Waals surface area (Å²) in [4.78, 5) is 32.4. The van der Waals surface area contributed by atoms with Gasteiger partial charge >= 0.3 is 12.1 Å². The Morgan fingerprint density at radius 1 is 1.24 bits per heavy atom. The maximum absolute atomic E-state index is 11.8. The van der Waals surface area contributed by atoms with Crippen molar-refractivity contribution in [2.45, 2.75) is 13.5 Å². The van der Waals surface area contributed by atoms with Gasteiger partial charge in [-0.2, -0.15) is 0 Å². The van der Waals surface area contributed by atoms with Crippen molar-refractivity contribution in [1.29, 1.82) is 0 Å². The summed E-state index contributed by atoms with van der Waals surface area (Å²) in [5.41, 5.74) is 1.03. The fourth-order valence-electron chi connectivity index (χ4n) is 1.77. The fourth-order valence-corrected chi connectivity index (χ4v) is 2.45. The number of oxime groups is 1. The number of hydrogen-bond acceptors (Lipinski definition) is 8. The van der Waals surface area contributed by atoms with E-state index in [-0.39, 0.29) is 29.8 Å². The zero-order valence-electron chi connectivity index (χ0n) is 13.7. The molecule has 0 spiro atoms. The van der Waals surface area contributed by atoms with Gasteiger partial charge in [0.1, 0.15) is 19.4 Å². The summed E-state index contributed by atoms with van der Waals surface area (Å²) in [7, 11) is 1.31. The van der Waals surface area contributed by atoms with Crippen LogP contribution in [0.1, 0.15) is 18.2 Å². The van der Waals surface area contributed by atoms with Gasteiger partial charge in [-0.25, -0.2) is 14.6 Å². The molecule has 0 aliphatic rings. The third kappa shape index (κ3) is 5.57. The molecule has 1 amide bonds. The number of nitrogens with one attached hydrogen (secondary N) is 1. The number of anilines is 1. The summed E-state index contributed by atoms with van der Waals surface area (Å²) in [6, 6.07) is 9.29. The molecule has 0 aliphatic heterocycles. The highest BCUT2D eigenvalue weighted by Crippen LogP contribution is 2.17. The number of carbonyl (C=O) groups is 2. The van der Waals surface area contributed by atoms with Gasteiger partial charge in [-0.05, 0) is 12.5 Å². The molecule has 0 saturated carbocycles. The van der Waals surface area contributed by atoms with Crippen LogP contribution in [0.15, 0.2) is 40.9 Å². The fraction of sp³-hybridized carbons (Fsp3) is 0.250. The van der Waals surface area contributed by atoms with Crippen LogP contribution in [-0.4, -0.2) is 36.5 Å². The Morgan fingerprint density at radius 3 is 2.68 bits per heavy atom. The van der Waals surface area contributed by atoms with Crippen molar-refractivity contribution >= 4 is 34.2 Å². The van der Waals surface area contributed by atoms with Gasteiger partial charge < -0.3 is 14.3 Å². The molecule has 1 aromatic carbocycles. The van der Waals surface area contributed by atoms with E-state index in [9.17, 15) is 9.59 Å². The molecule has 8 nitrogen and oxygen atoms in total. The largest absolute Gasteiger partial charge is 0.461 e. The van der Waals surface area contributed by atoms with Crippen molar-refractivity contribution < 1.29 is 23.9 Å². The molecular formula is C16H17N3O5S. The lowest BCUT2D eigenvalue weighted by atomic mass is 10.2. The second kappa shape index (κ2) is 9.38. The summed E-state index contributed by atoms with van der Waals surface area (Å²) in [6.07, 6.45) is -0.647. The molecule has 1 N–H and O–H groups in total. The zero-order chi connectivity index (χ0) is 18.1. The molecule has 0 atom stereocenters. The van der Waals surface area contributed by atoms with Gasteiger partial charge in [0.05, 0.1) is 6.61 Å². The number of rotatable bonds is 7. The third-order valence-electron chi connectivity index (χ3n) is 2.82. The molecule has 0 radical (unpaired) electrons. The topological polar surface area (TPSA) is 99.1 Å². The van der Waals surface area contributed by atoms with E-state index in [0.29, 0.717) is 0 Å². The number of amides is 1. The molecule has 0 saturated heterocycles. The summed E-state index contributed by atoms with van der Waals surface area (Å²) >= 11 is 1.12.